The van der Waals surface area contributed by atoms with E-state index < -0.39 is 0 Å². The molecule has 1 aliphatic rings. The minimum absolute atomic E-state index is 0.0908. The number of thioether (sulfide) groups is 1. The highest BCUT2D eigenvalue weighted by atomic mass is 32.2. The summed E-state index contributed by atoms with van der Waals surface area (Å²) in [6, 6.07) is 12.1. The molecule has 17 heavy (non-hydrogen) atoms. The molecular formula is C13H12N2OS. The molecule has 0 radical (unpaired) electrons. The summed E-state index contributed by atoms with van der Waals surface area (Å²) in [6.45, 7) is 1.46. The molecule has 1 aromatic carbocycles. The Labute approximate surface area is 105 Å². The van der Waals surface area contributed by atoms with Crippen LogP contribution in [0.5, 0.6) is 0 Å². The Morgan fingerprint density at radius 3 is 2.76 bits per heavy atom. The van der Waals surface area contributed by atoms with Crippen LogP contribution in [0.3, 0.4) is 0 Å². The molecule has 1 atom stereocenters. The SMILES string of the molecule is CC(=O)NC1=C(C#N)C(c2ccccc2)CS1. The Bertz CT molecular complexity index is 502. The molecule has 0 spiro atoms. The molecule has 3 nitrogen and oxygen atoms in total. The summed E-state index contributed by atoms with van der Waals surface area (Å²) < 4.78 is 0. The summed E-state index contributed by atoms with van der Waals surface area (Å²) in [5, 5.41) is 12.6. The lowest BCUT2D eigenvalue weighted by molar-refractivity contribution is -0.118. The number of carbonyl (C=O) groups is 1. The Morgan fingerprint density at radius 1 is 1.47 bits per heavy atom. The van der Waals surface area contributed by atoms with E-state index in [1.807, 2.05) is 30.3 Å². The van der Waals surface area contributed by atoms with Gasteiger partial charge in [0.2, 0.25) is 5.91 Å². The lowest BCUT2D eigenvalue weighted by Crippen LogP contribution is -2.17. The molecule has 0 fully saturated rings. The van der Waals surface area contributed by atoms with Crippen LogP contribution in [0.25, 0.3) is 0 Å². The topological polar surface area (TPSA) is 52.9 Å². The first-order valence-electron chi connectivity index (χ1n) is 5.32. The third-order valence-electron chi connectivity index (χ3n) is 2.60. The van der Waals surface area contributed by atoms with Crippen LogP contribution in [0.2, 0.25) is 0 Å². The Hall–Kier alpha value is -1.73. The zero-order valence-corrected chi connectivity index (χ0v) is 10.3. The van der Waals surface area contributed by atoms with E-state index in [1.54, 1.807) is 0 Å². The van der Waals surface area contributed by atoms with Gasteiger partial charge < -0.3 is 5.32 Å². The summed E-state index contributed by atoms with van der Waals surface area (Å²) >= 11 is 1.53. The number of allylic oxidation sites excluding steroid dienone is 1. The first kappa shape index (κ1) is 11.7. The van der Waals surface area contributed by atoms with Crippen molar-refractivity contribution in [2.75, 3.05) is 5.75 Å². The van der Waals surface area contributed by atoms with Crippen molar-refractivity contribution in [2.45, 2.75) is 12.8 Å². The standard InChI is InChI=1S/C13H12N2OS/c1-9(16)15-13-11(7-14)12(8-17-13)10-5-3-2-4-6-10/h2-6,12H,8H2,1H3,(H,15,16). The maximum Gasteiger partial charge on any atom is 0.221 e. The van der Waals surface area contributed by atoms with Gasteiger partial charge in [-0.1, -0.05) is 30.3 Å². The van der Waals surface area contributed by atoms with Crippen LogP contribution in [-0.2, 0) is 4.79 Å². The lowest BCUT2D eigenvalue weighted by atomic mass is 9.94. The van der Waals surface area contributed by atoms with Crippen LogP contribution in [0.15, 0.2) is 40.9 Å². The van der Waals surface area contributed by atoms with Gasteiger partial charge in [0.25, 0.3) is 0 Å². The van der Waals surface area contributed by atoms with E-state index in [9.17, 15) is 10.1 Å². The number of hydrogen-bond acceptors (Lipinski definition) is 3. The Kier molecular flexibility index (Phi) is 3.50. The summed E-state index contributed by atoms with van der Waals surface area (Å²) in [6.07, 6.45) is 0. The van der Waals surface area contributed by atoms with E-state index in [-0.39, 0.29) is 11.8 Å². The average molecular weight is 244 g/mol. The number of nitrogens with one attached hydrogen (secondary N) is 1. The highest BCUT2D eigenvalue weighted by Crippen LogP contribution is 2.40. The molecular weight excluding hydrogens is 232 g/mol. The molecule has 1 unspecified atom stereocenters. The van der Waals surface area contributed by atoms with Gasteiger partial charge >= 0.3 is 0 Å². The number of nitriles is 1. The van der Waals surface area contributed by atoms with Crippen molar-refractivity contribution >= 4 is 17.7 Å². The van der Waals surface area contributed by atoms with Crippen LogP contribution in [-0.4, -0.2) is 11.7 Å². The molecule has 1 amide bonds. The second kappa shape index (κ2) is 5.07. The maximum absolute atomic E-state index is 11.0. The second-order valence-corrected chi connectivity index (χ2v) is 4.84. The van der Waals surface area contributed by atoms with E-state index >= 15 is 0 Å². The zero-order chi connectivity index (χ0) is 12.3. The molecule has 1 heterocycles. The van der Waals surface area contributed by atoms with Gasteiger partial charge in [-0.25, -0.2) is 0 Å². The largest absolute Gasteiger partial charge is 0.320 e. The fraction of sp³-hybridized carbons (Fsp3) is 0.231. The predicted molar refractivity (Wildman–Crippen MR) is 68.1 cm³/mol. The molecule has 1 aromatic rings. The van der Waals surface area contributed by atoms with E-state index in [1.165, 1.54) is 18.7 Å². The number of nitrogens with zero attached hydrogens (tertiary/aromatic N) is 1. The lowest BCUT2D eigenvalue weighted by Gasteiger charge is -2.08. The van der Waals surface area contributed by atoms with Crippen LogP contribution in [0, 0.1) is 11.3 Å². The molecule has 0 bridgehead atoms. The average Bonchev–Trinajstić information content (AvgIpc) is 2.72. The Balaban J connectivity index is 2.31. The van der Waals surface area contributed by atoms with Gasteiger partial charge in [-0.05, 0) is 5.56 Å². The normalized spacial score (nSPS) is 18.9. The monoisotopic (exact) mass is 244 g/mol. The molecule has 0 aliphatic carbocycles. The minimum Gasteiger partial charge on any atom is -0.320 e. The van der Waals surface area contributed by atoms with E-state index in [2.05, 4.69) is 11.4 Å². The summed E-state index contributed by atoms with van der Waals surface area (Å²) in [5.41, 5.74) is 1.79. The number of amides is 1. The van der Waals surface area contributed by atoms with E-state index in [4.69, 9.17) is 0 Å². The minimum atomic E-state index is -0.131. The molecule has 0 saturated heterocycles. The van der Waals surface area contributed by atoms with Crippen molar-refractivity contribution in [1.82, 2.24) is 5.32 Å². The van der Waals surface area contributed by atoms with Crippen molar-refractivity contribution in [3.63, 3.8) is 0 Å². The fourth-order valence-electron chi connectivity index (χ4n) is 1.83. The van der Waals surface area contributed by atoms with Gasteiger partial charge in [0.1, 0.15) is 0 Å². The third-order valence-corrected chi connectivity index (χ3v) is 3.71. The van der Waals surface area contributed by atoms with Crippen molar-refractivity contribution in [3.8, 4) is 6.07 Å². The number of hydrogen-bond donors (Lipinski definition) is 1. The quantitative estimate of drug-likeness (QED) is 0.869. The predicted octanol–water partition coefficient (Wildman–Crippen LogP) is 2.39. The maximum atomic E-state index is 11.0. The van der Waals surface area contributed by atoms with Gasteiger partial charge in [-0.15, -0.1) is 11.8 Å². The summed E-state index contributed by atoms with van der Waals surface area (Å²) in [7, 11) is 0. The van der Waals surface area contributed by atoms with Gasteiger partial charge in [-0.3, -0.25) is 4.79 Å². The number of rotatable bonds is 2. The van der Waals surface area contributed by atoms with Crippen LogP contribution in [0.4, 0.5) is 0 Å². The molecule has 2 rings (SSSR count). The van der Waals surface area contributed by atoms with Crippen LogP contribution < -0.4 is 5.32 Å². The van der Waals surface area contributed by atoms with Gasteiger partial charge in [0.15, 0.2) is 0 Å². The molecule has 4 heteroatoms. The highest BCUT2D eigenvalue weighted by molar-refractivity contribution is 8.03. The molecule has 1 aliphatic heterocycles. The highest BCUT2D eigenvalue weighted by Gasteiger charge is 2.28. The Morgan fingerprint density at radius 2 is 2.18 bits per heavy atom. The number of benzene rings is 1. The van der Waals surface area contributed by atoms with Crippen LogP contribution in [0.1, 0.15) is 18.4 Å². The molecule has 0 saturated carbocycles. The second-order valence-electron chi connectivity index (χ2n) is 3.81. The van der Waals surface area contributed by atoms with Gasteiger partial charge in [0, 0.05) is 18.6 Å². The summed E-state index contributed by atoms with van der Waals surface area (Å²) in [5.74, 6) is 0.768. The first-order chi connectivity index (χ1) is 8.22. The smallest absolute Gasteiger partial charge is 0.221 e. The zero-order valence-electron chi connectivity index (χ0n) is 9.43. The molecule has 0 aromatic heterocycles. The van der Waals surface area contributed by atoms with Crippen molar-refractivity contribution in [3.05, 3.63) is 46.5 Å². The van der Waals surface area contributed by atoms with E-state index in [0.717, 1.165) is 11.3 Å². The molecule has 1 N–H and O–H groups in total. The van der Waals surface area contributed by atoms with Crippen molar-refractivity contribution in [2.24, 2.45) is 0 Å². The third kappa shape index (κ3) is 2.51. The van der Waals surface area contributed by atoms with Gasteiger partial charge in [-0.2, -0.15) is 5.26 Å². The van der Waals surface area contributed by atoms with Crippen molar-refractivity contribution < 1.29 is 4.79 Å². The number of carbonyl (C=O) groups excluding carboxylic acids is 1. The van der Waals surface area contributed by atoms with Gasteiger partial charge in [0.05, 0.1) is 16.7 Å². The van der Waals surface area contributed by atoms with E-state index in [0.29, 0.717) is 10.6 Å². The summed E-state index contributed by atoms with van der Waals surface area (Å²) in [4.78, 5) is 11.0. The fourth-order valence-corrected chi connectivity index (χ4v) is 3.08. The van der Waals surface area contributed by atoms with Crippen LogP contribution >= 0.6 is 11.8 Å². The molecule has 86 valence electrons. The first-order valence-corrected chi connectivity index (χ1v) is 6.30. The van der Waals surface area contributed by atoms with Crippen molar-refractivity contribution in [1.29, 1.82) is 5.26 Å².